The van der Waals surface area contributed by atoms with Crippen LogP contribution in [0.3, 0.4) is 0 Å². The van der Waals surface area contributed by atoms with Crippen LogP contribution in [0.4, 0.5) is 0 Å². The topological polar surface area (TPSA) is 90.2 Å². The van der Waals surface area contributed by atoms with Crippen molar-refractivity contribution < 1.29 is 13.2 Å². The fourth-order valence-electron chi connectivity index (χ4n) is 3.05. The highest BCUT2D eigenvalue weighted by Crippen LogP contribution is 2.20. The Kier molecular flexibility index (Phi) is 4.93. The van der Waals surface area contributed by atoms with E-state index in [4.69, 9.17) is 0 Å². The number of rotatable bonds is 4. The summed E-state index contributed by atoms with van der Waals surface area (Å²) in [6.45, 7) is 7.01. The largest absolute Gasteiger partial charge is 0.350 e. The minimum Gasteiger partial charge on any atom is -0.350 e. The van der Waals surface area contributed by atoms with Crippen molar-refractivity contribution >= 4 is 27.0 Å². The molecule has 8 heteroatoms. The van der Waals surface area contributed by atoms with E-state index in [1.54, 1.807) is 43.3 Å². The summed E-state index contributed by atoms with van der Waals surface area (Å²) >= 11 is 0. The van der Waals surface area contributed by atoms with Gasteiger partial charge < -0.3 is 5.32 Å². The standard InChI is InChI=1S/C20H23N3O4S/c1-14-8-7-9-15(12-14)28(26,27)23-17-11-6-5-10-16(17)22(19(23)25)13-18(24)21-20(2,3)4/h5-12H,13H2,1-4H3,(H,21,24). The van der Waals surface area contributed by atoms with E-state index in [0.29, 0.717) is 5.52 Å². The highest BCUT2D eigenvalue weighted by molar-refractivity contribution is 7.90. The fraction of sp³-hybridized carbons (Fsp3) is 0.300. The third kappa shape index (κ3) is 3.73. The first-order valence-electron chi connectivity index (χ1n) is 8.84. The molecule has 3 rings (SSSR count). The summed E-state index contributed by atoms with van der Waals surface area (Å²) in [5.41, 5.74) is 0.145. The van der Waals surface area contributed by atoms with E-state index in [2.05, 4.69) is 5.32 Å². The van der Waals surface area contributed by atoms with Crippen molar-refractivity contribution in [2.75, 3.05) is 0 Å². The number of hydrogen-bond acceptors (Lipinski definition) is 4. The van der Waals surface area contributed by atoms with Crippen LogP contribution >= 0.6 is 0 Å². The van der Waals surface area contributed by atoms with E-state index in [1.165, 1.54) is 16.7 Å². The highest BCUT2D eigenvalue weighted by atomic mass is 32.2. The van der Waals surface area contributed by atoms with Crippen LogP contribution in [0.1, 0.15) is 26.3 Å². The number of para-hydroxylation sites is 2. The summed E-state index contributed by atoms with van der Waals surface area (Å²) in [4.78, 5) is 25.5. The summed E-state index contributed by atoms with van der Waals surface area (Å²) in [7, 11) is -4.12. The molecule has 0 aliphatic rings. The minimum atomic E-state index is -4.12. The second-order valence-corrected chi connectivity index (χ2v) is 9.53. The lowest BCUT2D eigenvalue weighted by Gasteiger charge is -2.20. The van der Waals surface area contributed by atoms with Crippen molar-refractivity contribution in [3.05, 3.63) is 64.6 Å². The number of nitrogens with one attached hydrogen (secondary N) is 1. The third-order valence-corrected chi connectivity index (χ3v) is 5.82. The molecule has 0 unspecified atom stereocenters. The average Bonchev–Trinajstić information content (AvgIpc) is 2.86. The zero-order chi connectivity index (χ0) is 20.7. The molecular weight excluding hydrogens is 378 g/mol. The zero-order valence-corrected chi connectivity index (χ0v) is 17.1. The number of carbonyl (C=O) groups excluding carboxylic acids is 1. The van der Waals surface area contributed by atoms with Gasteiger partial charge >= 0.3 is 5.69 Å². The Hall–Kier alpha value is -2.87. The fourth-order valence-corrected chi connectivity index (χ4v) is 4.56. The van der Waals surface area contributed by atoms with Gasteiger partial charge in [-0.05, 0) is 57.5 Å². The molecule has 7 nitrogen and oxygen atoms in total. The van der Waals surface area contributed by atoms with Crippen LogP contribution in [0.5, 0.6) is 0 Å². The van der Waals surface area contributed by atoms with Gasteiger partial charge in [0.1, 0.15) is 6.54 Å². The van der Waals surface area contributed by atoms with E-state index in [1.807, 2.05) is 20.8 Å². The molecule has 0 saturated heterocycles. The van der Waals surface area contributed by atoms with Gasteiger partial charge in [-0.3, -0.25) is 9.36 Å². The lowest BCUT2D eigenvalue weighted by atomic mass is 10.1. The molecule has 0 aliphatic carbocycles. The van der Waals surface area contributed by atoms with Crippen molar-refractivity contribution in [2.24, 2.45) is 0 Å². The summed E-state index contributed by atoms with van der Waals surface area (Å²) < 4.78 is 28.3. The first kappa shape index (κ1) is 19.9. The predicted octanol–water partition coefficient (Wildman–Crippen LogP) is 2.26. The molecule has 1 N–H and O–H groups in total. The van der Waals surface area contributed by atoms with E-state index < -0.39 is 21.3 Å². The van der Waals surface area contributed by atoms with Crippen LogP contribution in [-0.2, 0) is 21.4 Å². The van der Waals surface area contributed by atoms with Gasteiger partial charge in [0.2, 0.25) is 5.91 Å². The quantitative estimate of drug-likeness (QED) is 0.726. The second-order valence-electron chi connectivity index (χ2n) is 7.74. The number of benzene rings is 2. The molecule has 0 aliphatic heterocycles. The third-order valence-electron chi connectivity index (χ3n) is 4.14. The van der Waals surface area contributed by atoms with Crippen LogP contribution in [0.2, 0.25) is 0 Å². The number of nitrogens with zero attached hydrogens (tertiary/aromatic N) is 2. The zero-order valence-electron chi connectivity index (χ0n) is 16.3. The summed E-state index contributed by atoms with van der Waals surface area (Å²) in [5.74, 6) is -0.370. The number of aromatic nitrogens is 2. The van der Waals surface area contributed by atoms with Crippen LogP contribution in [0.25, 0.3) is 11.0 Å². The molecule has 2 aromatic carbocycles. The number of aryl methyl sites for hydroxylation is 1. The van der Waals surface area contributed by atoms with E-state index in [0.717, 1.165) is 9.54 Å². The lowest BCUT2D eigenvalue weighted by Crippen LogP contribution is -2.43. The molecular formula is C20H23N3O4S. The molecule has 0 fully saturated rings. The summed E-state index contributed by atoms with van der Waals surface area (Å²) in [6.07, 6.45) is 0. The van der Waals surface area contributed by atoms with Crippen molar-refractivity contribution in [1.29, 1.82) is 0 Å². The monoisotopic (exact) mass is 401 g/mol. The van der Waals surface area contributed by atoms with Crippen molar-refractivity contribution in [3.63, 3.8) is 0 Å². The maximum Gasteiger partial charge on any atom is 0.343 e. The first-order valence-corrected chi connectivity index (χ1v) is 10.3. The van der Waals surface area contributed by atoms with Crippen LogP contribution < -0.4 is 11.0 Å². The lowest BCUT2D eigenvalue weighted by molar-refractivity contribution is -0.123. The van der Waals surface area contributed by atoms with Gasteiger partial charge in [-0.15, -0.1) is 0 Å². The SMILES string of the molecule is Cc1cccc(S(=O)(=O)n2c(=O)n(CC(=O)NC(C)(C)C)c3ccccc32)c1. The van der Waals surface area contributed by atoms with E-state index >= 15 is 0 Å². The van der Waals surface area contributed by atoms with Crippen molar-refractivity contribution in [3.8, 4) is 0 Å². The van der Waals surface area contributed by atoms with Crippen molar-refractivity contribution in [1.82, 2.24) is 13.9 Å². The Labute approximate surface area is 163 Å². The van der Waals surface area contributed by atoms with E-state index in [9.17, 15) is 18.0 Å². The van der Waals surface area contributed by atoms with Crippen LogP contribution in [0.15, 0.2) is 58.2 Å². The maximum absolute atomic E-state index is 13.2. The van der Waals surface area contributed by atoms with Crippen LogP contribution in [0, 0.1) is 6.92 Å². The molecule has 1 heterocycles. The Morgan fingerprint density at radius 1 is 1.04 bits per heavy atom. The highest BCUT2D eigenvalue weighted by Gasteiger charge is 2.26. The number of carbonyl (C=O) groups is 1. The molecule has 0 spiro atoms. The Morgan fingerprint density at radius 2 is 1.68 bits per heavy atom. The van der Waals surface area contributed by atoms with Gasteiger partial charge in [0.05, 0.1) is 15.9 Å². The van der Waals surface area contributed by atoms with Gasteiger partial charge in [-0.1, -0.05) is 24.3 Å². The Bertz CT molecular complexity index is 1210. The molecule has 0 atom stereocenters. The molecule has 0 saturated carbocycles. The van der Waals surface area contributed by atoms with Gasteiger partial charge in [-0.2, -0.15) is 3.97 Å². The first-order chi connectivity index (χ1) is 13.0. The molecule has 1 amide bonds. The van der Waals surface area contributed by atoms with Gasteiger partial charge in [0, 0.05) is 5.54 Å². The molecule has 3 aromatic rings. The van der Waals surface area contributed by atoms with Crippen molar-refractivity contribution in [2.45, 2.75) is 44.7 Å². The van der Waals surface area contributed by atoms with Gasteiger partial charge in [0.25, 0.3) is 10.0 Å². The van der Waals surface area contributed by atoms with Gasteiger partial charge in [-0.25, -0.2) is 13.2 Å². The van der Waals surface area contributed by atoms with E-state index in [-0.39, 0.29) is 22.9 Å². The minimum absolute atomic E-state index is 0.0247. The Morgan fingerprint density at radius 3 is 2.29 bits per heavy atom. The maximum atomic E-state index is 13.2. The number of amides is 1. The molecule has 0 radical (unpaired) electrons. The molecule has 28 heavy (non-hydrogen) atoms. The molecule has 148 valence electrons. The number of hydrogen-bond donors (Lipinski definition) is 1. The number of fused-ring (bicyclic) bond motifs is 1. The van der Waals surface area contributed by atoms with Gasteiger partial charge in [0.15, 0.2) is 0 Å². The second kappa shape index (κ2) is 6.94. The average molecular weight is 401 g/mol. The Balaban J connectivity index is 2.19. The number of imidazole rings is 1. The molecule has 1 aromatic heterocycles. The summed E-state index contributed by atoms with van der Waals surface area (Å²) in [5, 5.41) is 2.79. The smallest absolute Gasteiger partial charge is 0.343 e. The summed E-state index contributed by atoms with van der Waals surface area (Å²) in [6, 6.07) is 12.9. The normalized spacial score (nSPS) is 12.3. The van der Waals surface area contributed by atoms with Crippen LogP contribution in [-0.4, -0.2) is 28.4 Å². The molecule has 0 bridgehead atoms. The predicted molar refractivity (Wildman–Crippen MR) is 108 cm³/mol.